The summed E-state index contributed by atoms with van der Waals surface area (Å²) in [5, 5.41) is 3.76. The SMILES string of the molecule is COc1cc(NC(=O)NC(=O)c2c(F)cccc2F)ccc1OC(F)(F)C(F)(F)c1ccc(F)cc1. The van der Waals surface area contributed by atoms with Crippen molar-refractivity contribution < 1.29 is 49.8 Å². The molecule has 0 heterocycles. The van der Waals surface area contributed by atoms with Crippen LogP contribution in [0.5, 0.6) is 11.5 Å². The third-order valence-electron chi connectivity index (χ3n) is 4.65. The second kappa shape index (κ2) is 10.1. The number of amides is 3. The molecule has 3 rings (SSSR count). The normalized spacial score (nSPS) is 11.6. The summed E-state index contributed by atoms with van der Waals surface area (Å²) in [6, 6.07) is 6.07. The van der Waals surface area contributed by atoms with Gasteiger partial charge < -0.3 is 14.8 Å². The molecule has 0 atom stereocenters. The highest BCUT2D eigenvalue weighted by Crippen LogP contribution is 2.46. The number of carbonyl (C=O) groups excluding carboxylic acids is 2. The molecular weight excluding hydrogens is 501 g/mol. The number of alkyl halides is 4. The van der Waals surface area contributed by atoms with Crippen molar-refractivity contribution in [3.05, 3.63) is 89.2 Å². The summed E-state index contributed by atoms with van der Waals surface area (Å²) in [5.74, 6) is -11.0. The van der Waals surface area contributed by atoms with Gasteiger partial charge >= 0.3 is 18.1 Å². The van der Waals surface area contributed by atoms with Crippen molar-refractivity contribution in [1.29, 1.82) is 0 Å². The van der Waals surface area contributed by atoms with E-state index in [0.29, 0.717) is 24.3 Å². The van der Waals surface area contributed by atoms with Crippen molar-refractivity contribution in [1.82, 2.24) is 5.32 Å². The number of halogens is 7. The van der Waals surface area contributed by atoms with Crippen LogP contribution in [0, 0.1) is 17.5 Å². The Morgan fingerprint density at radius 2 is 1.44 bits per heavy atom. The van der Waals surface area contributed by atoms with Crippen molar-refractivity contribution in [3.63, 3.8) is 0 Å². The number of imide groups is 1. The number of hydrogen-bond acceptors (Lipinski definition) is 4. The smallest absolute Gasteiger partial charge is 0.469 e. The van der Waals surface area contributed by atoms with E-state index in [1.165, 1.54) is 0 Å². The van der Waals surface area contributed by atoms with E-state index < -0.39 is 64.0 Å². The minimum atomic E-state index is -5.11. The summed E-state index contributed by atoms with van der Waals surface area (Å²) in [7, 11) is 0.993. The molecule has 0 unspecified atom stereocenters. The maximum Gasteiger partial charge on any atom is 0.469 e. The maximum absolute atomic E-state index is 14.4. The molecule has 0 spiro atoms. The standard InChI is InChI=1S/C23H15F7N2O4/c1-35-18-11-14(31-21(34)32-20(33)19-15(25)3-2-4-16(19)26)9-10-17(18)36-23(29,30)22(27,28)12-5-7-13(24)8-6-12/h2-11H,1H3,(H2,31,32,33,34). The first-order valence-corrected chi connectivity index (χ1v) is 9.81. The average Bonchev–Trinajstić information content (AvgIpc) is 2.79. The van der Waals surface area contributed by atoms with Crippen molar-refractivity contribution in [3.8, 4) is 11.5 Å². The molecule has 0 aromatic heterocycles. The third kappa shape index (κ3) is 5.50. The molecule has 190 valence electrons. The molecule has 3 amide bonds. The minimum Gasteiger partial charge on any atom is -0.493 e. The van der Waals surface area contributed by atoms with Crippen LogP contribution in [0.2, 0.25) is 0 Å². The monoisotopic (exact) mass is 516 g/mol. The van der Waals surface area contributed by atoms with E-state index in [0.717, 1.165) is 43.5 Å². The lowest BCUT2D eigenvalue weighted by Crippen LogP contribution is -2.43. The van der Waals surface area contributed by atoms with Gasteiger partial charge in [0.25, 0.3) is 5.91 Å². The van der Waals surface area contributed by atoms with Crippen LogP contribution in [0.4, 0.5) is 41.2 Å². The van der Waals surface area contributed by atoms with Gasteiger partial charge in [0.2, 0.25) is 0 Å². The van der Waals surface area contributed by atoms with Gasteiger partial charge in [0, 0.05) is 17.3 Å². The molecule has 36 heavy (non-hydrogen) atoms. The zero-order chi connectivity index (χ0) is 26.7. The van der Waals surface area contributed by atoms with Crippen molar-refractivity contribution in [2.45, 2.75) is 12.0 Å². The van der Waals surface area contributed by atoms with Crippen LogP contribution in [0.1, 0.15) is 15.9 Å². The summed E-state index contributed by atoms with van der Waals surface area (Å²) in [6.07, 6.45) is -5.11. The summed E-state index contributed by atoms with van der Waals surface area (Å²) in [5.41, 5.74) is -2.41. The molecule has 3 aromatic rings. The first kappa shape index (κ1) is 26.3. The molecule has 2 N–H and O–H groups in total. The Morgan fingerprint density at radius 3 is 2.03 bits per heavy atom. The van der Waals surface area contributed by atoms with Gasteiger partial charge in [0.05, 0.1) is 7.11 Å². The number of rotatable bonds is 7. The second-order valence-electron chi connectivity index (χ2n) is 7.07. The van der Waals surface area contributed by atoms with Gasteiger partial charge in [-0.25, -0.2) is 18.0 Å². The summed E-state index contributed by atoms with van der Waals surface area (Å²) in [4.78, 5) is 24.0. The van der Waals surface area contributed by atoms with E-state index in [1.54, 1.807) is 5.32 Å². The van der Waals surface area contributed by atoms with Crippen molar-refractivity contribution in [2.75, 3.05) is 12.4 Å². The number of nitrogens with one attached hydrogen (secondary N) is 2. The number of hydrogen-bond donors (Lipinski definition) is 2. The first-order valence-electron chi connectivity index (χ1n) is 9.81. The zero-order valence-electron chi connectivity index (χ0n) is 18.1. The minimum absolute atomic E-state index is 0.188. The van der Waals surface area contributed by atoms with Gasteiger partial charge in [-0.1, -0.05) is 6.07 Å². The Hall–Kier alpha value is -4.29. The van der Waals surface area contributed by atoms with Gasteiger partial charge in [-0.15, -0.1) is 0 Å². The molecule has 0 bridgehead atoms. The Morgan fingerprint density at radius 1 is 0.833 bits per heavy atom. The molecule has 13 heteroatoms. The van der Waals surface area contributed by atoms with Gasteiger partial charge in [0.1, 0.15) is 23.0 Å². The molecule has 0 fully saturated rings. The summed E-state index contributed by atoms with van der Waals surface area (Å²) >= 11 is 0. The average molecular weight is 516 g/mol. The number of ether oxygens (including phenoxy) is 2. The van der Waals surface area contributed by atoms with Crippen LogP contribution >= 0.6 is 0 Å². The maximum atomic E-state index is 14.4. The fourth-order valence-electron chi connectivity index (χ4n) is 2.90. The van der Waals surface area contributed by atoms with Crippen molar-refractivity contribution >= 4 is 17.6 Å². The van der Waals surface area contributed by atoms with Gasteiger partial charge in [-0.2, -0.15) is 17.6 Å². The molecule has 0 aliphatic heterocycles. The third-order valence-corrected chi connectivity index (χ3v) is 4.65. The predicted octanol–water partition coefficient (Wildman–Crippen LogP) is 5.84. The van der Waals surface area contributed by atoms with Gasteiger partial charge in [-0.05, 0) is 48.5 Å². The Bertz CT molecular complexity index is 1260. The van der Waals surface area contributed by atoms with E-state index in [2.05, 4.69) is 10.1 Å². The van der Waals surface area contributed by atoms with E-state index in [9.17, 15) is 40.3 Å². The Kier molecular flexibility index (Phi) is 7.41. The molecular formula is C23H15F7N2O4. The van der Waals surface area contributed by atoms with E-state index in [-0.39, 0.29) is 5.69 Å². The fraction of sp³-hybridized carbons (Fsp3) is 0.130. The fourth-order valence-corrected chi connectivity index (χ4v) is 2.90. The number of anilines is 1. The number of methoxy groups -OCH3 is 1. The molecule has 0 saturated heterocycles. The lowest BCUT2D eigenvalue weighted by molar-refractivity contribution is -0.316. The van der Waals surface area contributed by atoms with Gasteiger partial charge in [-0.3, -0.25) is 10.1 Å². The van der Waals surface area contributed by atoms with Crippen LogP contribution in [0.3, 0.4) is 0 Å². The zero-order valence-corrected chi connectivity index (χ0v) is 18.1. The predicted molar refractivity (Wildman–Crippen MR) is 112 cm³/mol. The quantitative estimate of drug-likeness (QED) is 0.387. The highest BCUT2D eigenvalue weighted by Gasteiger charge is 2.61. The van der Waals surface area contributed by atoms with Crippen LogP contribution in [-0.4, -0.2) is 25.2 Å². The second-order valence-corrected chi connectivity index (χ2v) is 7.07. The van der Waals surface area contributed by atoms with E-state index >= 15 is 0 Å². The lowest BCUT2D eigenvalue weighted by atomic mass is 10.1. The largest absolute Gasteiger partial charge is 0.493 e. The first-order chi connectivity index (χ1) is 16.9. The molecule has 0 aliphatic carbocycles. The van der Waals surface area contributed by atoms with Crippen molar-refractivity contribution in [2.24, 2.45) is 0 Å². The molecule has 0 aliphatic rings. The molecule has 3 aromatic carbocycles. The molecule has 6 nitrogen and oxygen atoms in total. The highest BCUT2D eigenvalue weighted by atomic mass is 19.3. The lowest BCUT2D eigenvalue weighted by Gasteiger charge is -2.27. The molecule has 0 saturated carbocycles. The highest BCUT2D eigenvalue weighted by molar-refractivity contribution is 6.08. The summed E-state index contributed by atoms with van der Waals surface area (Å²) < 4.78 is 107. The van der Waals surface area contributed by atoms with Gasteiger partial charge in [0.15, 0.2) is 11.5 Å². The van der Waals surface area contributed by atoms with E-state index in [4.69, 9.17) is 4.74 Å². The van der Waals surface area contributed by atoms with Crippen LogP contribution in [-0.2, 0) is 5.92 Å². The number of urea groups is 1. The Labute approximate surface area is 198 Å². The molecule has 0 radical (unpaired) electrons. The van der Waals surface area contributed by atoms with Crippen LogP contribution in [0.25, 0.3) is 0 Å². The van der Waals surface area contributed by atoms with E-state index in [1.807, 2.05) is 0 Å². The van der Waals surface area contributed by atoms with Crippen LogP contribution < -0.4 is 20.1 Å². The Balaban J connectivity index is 1.75. The number of benzene rings is 3. The topological polar surface area (TPSA) is 76.7 Å². The van der Waals surface area contributed by atoms with Crippen LogP contribution in [0.15, 0.2) is 60.7 Å². The summed E-state index contributed by atoms with van der Waals surface area (Å²) in [6.45, 7) is 0. The number of carbonyl (C=O) groups is 2.